The average molecular weight is 333 g/mol. The van der Waals surface area contributed by atoms with Gasteiger partial charge in [0.25, 0.3) is 0 Å². The third-order valence-electron chi connectivity index (χ3n) is 5.00. The van der Waals surface area contributed by atoms with E-state index in [1.54, 1.807) is 0 Å². The molecule has 1 fully saturated rings. The second-order valence-electron chi connectivity index (χ2n) is 6.63. The summed E-state index contributed by atoms with van der Waals surface area (Å²) in [5, 5.41) is 8.84. The molecular weight excluding hydrogens is 310 g/mol. The Morgan fingerprint density at radius 1 is 1.04 bits per heavy atom. The van der Waals surface area contributed by atoms with E-state index in [2.05, 4.69) is 18.2 Å². The Hall–Kier alpha value is -2.60. The number of cyclic esters (lactones) is 1. The summed E-state index contributed by atoms with van der Waals surface area (Å²) in [6.07, 6.45) is 4.80. The second-order valence-corrected chi connectivity index (χ2v) is 6.63. The van der Waals surface area contributed by atoms with Crippen LogP contribution in [0.3, 0.4) is 0 Å². The number of carbonyl (C=O) groups is 1. The fraction of sp³-hybridized carbons (Fsp3) is 0.364. The number of hydrogen-bond donors (Lipinski definition) is 0. The Morgan fingerprint density at radius 2 is 1.80 bits per heavy atom. The minimum absolute atomic E-state index is 0.0304. The zero-order valence-electron chi connectivity index (χ0n) is 14.4. The Morgan fingerprint density at radius 3 is 2.52 bits per heavy atom. The van der Waals surface area contributed by atoms with Crippen LogP contribution in [-0.2, 0) is 16.0 Å². The summed E-state index contributed by atoms with van der Waals surface area (Å²) in [4.78, 5) is 12.3. The van der Waals surface area contributed by atoms with Crippen LogP contribution in [0.4, 0.5) is 0 Å². The van der Waals surface area contributed by atoms with Crippen molar-refractivity contribution >= 4 is 5.97 Å². The molecule has 0 amide bonds. The molecule has 0 bridgehead atoms. The van der Waals surface area contributed by atoms with E-state index in [0.29, 0.717) is 12.2 Å². The lowest BCUT2D eigenvalue weighted by Crippen LogP contribution is -2.31. The van der Waals surface area contributed by atoms with Gasteiger partial charge in [-0.2, -0.15) is 5.26 Å². The molecule has 3 heteroatoms. The van der Waals surface area contributed by atoms with Crippen molar-refractivity contribution in [2.24, 2.45) is 5.92 Å². The van der Waals surface area contributed by atoms with Gasteiger partial charge in [-0.25, -0.2) is 0 Å². The lowest BCUT2D eigenvalue weighted by molar-refractivity contribution is -0.154. The second kappa shape index (κ2) is 8.48. The van der Waals surface area contributed by atoms with E-state index < -0.39 is 0 Å². The third-order valence-corrected chi connectivity index (χ3v) is 5.00. The van der Waals surface area contributed by atoms with Crippen LogP contribution in [0.15, 0.2) is 54.6 Å². The first-order chi connectivity index (χ1) is 12.3. The number of benzene rings is 2. The molecule has 0 saturated carbocycles. The Balaban J connectivity index is 1.54. The van der Waals surface area contributed by atoms with Gasteiger partial charge in [0.05, 0.1) is 24.2 Å². The summed E-state index contributed by atoms with van der Waals surface area (Å²) < 4.78 is 5.31. The van der Waals surface area contributed by atoms with Crippen LogP contribution in [0.25, 0.3) is 0 Å². The van der Waals surface area contributed by atoms with Gasteiger partial charge in [0.1, 0.15) is 0 Å². The maximum absolute atomic E-state index is 12.3. The molecule has 2 aromatic rings. The molecule has 1 heterocycles. The number of aryl methyl sites for hydroxylation is 1. The first-order valence-electron chi connectivity index (χ1n) is 8.98. The molecular formula is C22H23NO2. The molecule has 0 aromatic heterocycles. The molecule has 3 nitrogen and oxygen atoms in total. The van der Waals surface area contributed by atoms with Gasteiger partial charge in [-0.3, -0.25) is 4.79 Å². The van der Waals surface area contributed by atoms with Crippen LogP contribution in [0.2, 0.25) is 0 Å². The van der Waals surface area contributed by atoms with Gasteiger partial charge in [-0.05, 0) is 48.9 Å². The van der Waals surface area contributed by atoms with Crippen LogP contribution in [0, 0.1) is 17.2 Å². The number of hydrogen-bond acceptors (Lipinski definition) is 3. The summed E-state index contributed by atoms with van der Waals surface area (Å²) in [6.45, 7) is 0.528. The van der Waals surface area contributed by atoms with E-state index in [1.807, 2.05) is 42.5 Å². The van der Waals surface area contributed by atoms with E-state index in [0.717, 1.165) is 32.1 Å². The van der Waals surface area contributed by atoms with Gasteiger partial charge in [-0.15, -0.1) is 0 Å². The normalized spacial score (nSPS) is 19.9. The zero-order chi connectivity index (χ0) is 17.5. The Bertz CT molecular complexity index is 731. The van der Waals surface area contributed by atoms with Crippen LogP contribution in [0.5, 0.6) is 0 Å². The van der Waals surface area contributed by atoms with Crippen LogP contribution in [-0.4, -0.2) is 12.6 Å². The summed E-state index contributed by atoms with van der Waals surface area (Å²) in [7, 11) is 0. The number of ether oxygens (including phenoxy) is 1. The van der Waals surface area contributed by atoms with Gasteiger partial charge in [0.2, 0.25) is 0 Å². The topological polar surface area (TPSA) is 50.1 Å². The van der Waals surface area contributed by atoms with Crippen molar-refractivity contribution < 1.29 is 9.53 Å². The van der Waals surface area contributed by atoms with E-state index in [1.165, 1.54) is 11.1 Å². The molecule has 0 N–H and O–H groups in total. The average Bonchev–Trinajstić information content (AvgIpc) is 2.67. The minimum Gasteiger partial charge on any atom is -0.465 e. The summed E-state index contributed by atoms with van der Waals surface area (Å²) in [5.74, 6) is 0.202. The standard InChI is InChI=1S/C22H23NO2/c23-16-18-12-10-17(11-13-18)6-4-5-9-21-20(14-15-25-22(21)24)19-7-2-1-3-8-19/h1-3,7-8,10-13,20-21H,4-6,9,14-15H2. The van der Waals surface area contributed by atoms with Crippen molar-refractivity contribution in [3.05, 3.63) is 71.3 Å². The molecule has 2 atom stereocenters. The first kappa shape index (κ1) is 17.2. The Kier molecular flexibility index (Phi) is 5.85. The lowest BCUT2D eigenvalue weighted by atomic mass is 9.79. The maximum atomic E-state index is 12.3. The fourth-order valence-corrected chi connectivity index (χ4v) is 3.62. The summed E-state index contributed by atoms with van der Waals surface area (Å²) >= 11 is 0. The van der Waals surface area contributed by atoms with E-state index in [9.17, 15) is 4.79 Å². The highest BCUT2D eigenvalue weighted by Crippen LogP contribution is 2.35. The van der Waals surface area contributed by atoms with Crippen molar-refractivity contribution in [1.82, 2.24) is 0 Å². The monoisotopic (exact) mass is 333 g/mol. The smallest absolute Gasteiger partial charge is 0.309 e. The molecule has 1 saturated heterocycles. The van der Waals surface area contributed by atoms with E-state index in [-0.39, 0.29) is 17.8 Å². The van der Waals surface area contributed by atoms with Crippen molar-refractivity contribution in [3.63, 3.8) is 0 Å². The van der Waals surface area contributed by atoms with Crippen LogP contribution < -0.4 is 0 Å². The molecule has 0 radical (unpaired) electrons. The van der Waals surface area contributed by atoms with Crippen molar-refractivity contribution in [2.45, 2.75) is 38.0 Å². The number of nitriles is 1. The molecule has 1 aliphatic rings. The summed E-state index contributed by atoms with van der Waals surface area (Å²) in [6, 6.07) is 20.2. The molecule has 1 aliphatic heterocycles. The quantitative estimate of drug-likeness (QED) is 0.572. The van der Waals surface area contributed by atoms with Crippen molar-refractivity contribution in [1.29, 1.82) is 5.26 Å². The minimum atomic E-state index is -0.0431. The van der Waals surface area contributed by atoms with Gasteiger partial charge < -0.3 is 4.74 Å². The number of unbranched alkanes of at least 4 members (excludes halogenated alkanes) is 1. The summed E-state index contributed by atoms with van der Waals surface area (Å²) in [5.41, 5.74) is 3.18. The molecule has 0 spiro atoms. The molecule has 3 rings (SSSR count). The van der Waals surface area contributed by atoms with Crippen molar-refractivity contribution in [3.8, 4) is 6.07 Å². The molecule has 128 valence electrons. The highest BCUT2D eigenvalue weighted by Gasteiger charge is 2.33. The largest absolute Gasteiger partial charge is 0.465 e. The van der Waals surface area contributed by atoms with E-state index >= 15 is 0 Å². The molecule has 0 aliphatic carbocycles. The number of carbonyl (C=O) groups excluding carboxylic acids is 1. The fourth-order valence-electron chi connectivity index (χ4n) is 3.62. The number of esters is 1. The van der Waals surface area contributed by atoms with Gasteiger partial charge in [0.15, 0.2) is 0 Å². The molecule has 2 aromatic carbocycles. The Labute approximate surface area is 149 Å². The van der Waals surface area contributed by atoms with Crippen LogP contribution in [0.1, 0.15) is 48.3 Å². The zero-order valence-corrected chi connectivity index (χ0v) is 14.4. The van der Waals surface area contributed by atoms with Crippen molar-refractivity contribution in [2.75, 3.05) is 6.61 Å². The lowest BCUT2D eigenvalue weighted by Gasteiger charge is -2.30. The molecule has 2 unspecified atom stereocenters. The maximum Gasteiger partial charge on any atom is 0.309 e. The highest BCUT2D eigenvalue weighted by atomic mass is 16.5. The number of rotatable bonds is 6. The van der Waals surface area contributed by atoms with Crippen LogP contribution >= 0.6 is 0 Å². The predicted molar refractivity (Wildman–Crippen MR) is 97.0 cm³/mol. The van der Waals surface area contributed by atoms with Gasteiger partial charge in [0, 0.05) is 5.92 Å². The first-order valence-corrected chi connectivity index (χ1v) is 8.98. The van der Waals surface area contributed by atoms with E-state index in [4.69, 9.17) is 10.00 Å². The third kappa shape index (κ3) is 4.48. The number of nitrogens with zero attached hydrogens (tertiary/aromatic N) is 1. The SMILES string of the molecule is N#Cc1ccc(CCCCC2C(=O)OCCC2c2ccccc2)cc1. The van der Waals surface area contributed by atoms with Gasteiger partial charge in [-0.1, -0.05) is 48.9 Å². The highest BCUT2D eigenvalue weighted by molar-refractivity contribution is 5.74. The predicted octanol–water partition coefficient (Wildman–Crippen LogP) is 4.62. The van der Waals surface area contributed by atoms with Gasteiger partial charge >= 0.3 is 5.97 Å². The molecule has 25 heavy (non-hydrogen) atoms.